The average Bonchev–Trinajstić information content (AvgIpc) is 2.55. The summed E-state index contributed by atoms with van der Waals surface area (Å²) in [6.45, 7) is -0.372. The summed E-state index contributed by atoms with van der Waals surface area (Å²) in [5, 5.41) is 11.3. The molecule has 24 heavy (non-hydrogen) atoms. The number of benzene rings is 1. The Bertz CT molecular complexity index is 827. The maximum atomic E-state index is 11.7. The number of hydrogen-bond acceptors (Lipinski definition) is 5. The Morgan fingerprint density at radius 2 is 1.92 bits per heavy atom. The minimum atomic E-state index is -1.39. The standard InChI is InChI=1S/C15H15N3O6/c19-12-6-7-18(14(22)17-12)8-11(13(20)21)16-15(23)24-9-10-4-2-1-3-5-10/h1-7,11H,8-9H2,(H,16,23)(H,20,21)(H,17,19,22). The molecule has 1 unspecified atom stereocenters. The average molecular weight is 333 g/mol. The molecule has 0 saturated carbocycles. The molecule has 0 aliphatic heterocycles. The number of carboxylic acid groups (broad SMARTS) is 1. The zero-order valence-electron chi connectivity index (χ0n) is 12.5. The smallest absolute Gasteiger partial charge is 0.408 e. The molecule has 0 spiro atoms. The fourth-order valence-corrected chi connectivity index (χ4v) is 1.88. The number of carboxylic acids is 1. The van der Waals surface area contributed by atoms with Gasteiger partial charge in [-0.05, 0) is 5.56 Å². The number of hydrogen-bond donors (Lipinski definition) is 3. The number of nitrogens with one attached hydrogen (secondary N) is 2. The molecule has 126 valence electrons. The summed E-state index contributed by atoms with van der Waals surface area (Å²) in [6.07, 6.45) is 0.220. The Kier molecular flexibility index (Phi) is 5.50. The first-order valence-corrected chi connectivity index (χ1v) is 6.95. The summed E-state index contributed by atoms with van der Waals surface area (Å²) in [4.78, 5) is 47.5. The van der Waals surface area contributed by atoms with Crippen LogP contribution in [0.1, 0.15) is 5.56 Å². The molecule has 1 aromatic carbocycles. The number of aromatic amines is 1. The van der Waals surface area contributed by atoms with E-state index in [9.17, 15) is 19.2 Å². The quantitative estimate of drug-likeness (QED) is 0.677. The Balaban J connectivity index is 1.97. The van der Waals surface area contributed by atoms with Gasteiger partial charge in [-0.1, -0.05) is 30.3 Å². The van der Waals surface area contributed by atoms with E-state index in [2.05, 4.69) is 5.32 Å². The van der Waals surface area contributed by atoms with Crippen molar-refractivity contribution in [2.75, 3.05) is 0 Å². The molecular weight excluding hydrogens is 318 g/mol. The molecule has 1 amide bonds. The second-order valence-electron chi connectivity index (χ2n) is 4.86. The van der Waals surface area contributed by atoms with E-state index in [1.807, 2.05) is 11.1 Å². The molecule has 3 N–H and O–H groups in total. The van der Waals surface area contributed by atoms with Gasteiger partial charge in [0.05, 0.1) is 6.54 Å². The summed E-state index contributed by atoms with van der Waals surface area (Å²) in [5.74, 6) is -1.34. The highest BCUT2D eigenvalue weighted by atomic mass is 16.5. The van der Waals surface area contributed by atoms with Crippen molar-refractivity contribution in [3.8, 4) is 0 Å². The topological polar surface area (TPSA) is 130 Å². The molecule has 0 radical (unpaired) electrons. The number of aliphatic carboxylic acids is 1. The van der Waals surface area contributed by atoms with Gasteiger partial charge in [-0.3, -0.25) is 14.3 Å². The van der Waals surface area contributed by atoms with Gasteiger partial charge in [-0.15, -0.1) is 0 Å². The van der Waals surface area contributed by atoms with Crippen LogP contribution in [0.25, 0.3) is 0 Å². The lowest BCUT2D eigenvalue weighted by Crippen LogP contribution is -2.46. The highest BCUT2D eigenvalue weighted by Crippen LogP contribution is 2.01. The van der Waals surface area contributed by atoms with Gasteiger partial charge in [0.2, 0.25) is 0 Å². The number of ether oxygens (including phenoxy) is 1. The molecular formula is C15H15N3O6. The number of nitrogens with zero attached hydrogens (tertiary/aromatic N) is 1. The monoisotopic (exact) mass is 333 g/mol. The highest BCUT2D eigenvalue weighted by molar-refractivity contribution is 5.79. The third kappa shape index (κ3) is 4.83. The summed E-state index contributed by atoms with van der Waals surface area (Å²) in [7, 11) is 0. The number of aromatic nitrogens is 2. The number of H-pyrrole nitrogens is 1. The van der Waals surface area contributed by atoms with Gasteiger partial charge in [0, 0.05) is 12.3 Å². The molecule has 0 aliphatic carbocycles. The van der Waals surface area contributed by atoms with Crippen LogP contribution >= 0.6 is 0 Å². The fraction of sp³-hybridized carbons (Fsp3) is 0.200. The van der Waals surface area contributed by atoms with Crippen molar-refractivity contribution in [3.05, 3.63) is 69.0 Å². The van der Waals surface area contributed by atoms with Crippen molar-refractivity contribution in [3.63, 3.8) is 0 Å². The molecule has 2 aromatic rings. The molecule has 1 atom stereocenters. The molecule has 0 saturated heterocycles. The molecule has 1 heterocycles. The van der Waals surface area contributed by atoms with Crippen molar-refractivity contribution in [2.24, 2.45) is 0 Å². The first-order valence-electron chi connectivity index (χ1n) is 6.95. The van der Waals surface area contributed by atoms with Gasteiger partial charge < -0.3 is 15.2 Å². The Hall–Kier alpha value is -3.36. The number of carbonyl (C=O) groups excluding carboxylic acids is 1. The zero-order chi connectivity index (χ0) is 17.5. The summed E-state index contributed by atoms with van der Waals surface area (Å²) < 4.78 is 5.91. The normalized spacial score (nSPS) is 11.5. The van der Waals surface area contributed by atoms with Crippen LogP contribution in [-0.4, -0.2) is 32.8 Å². The maximum absolute atomic E-state index is 11.7. The van der Waals surface area contributed by atoms with E-state index < -0.39 is 29.4 Å². The lowest BCUT2D eigenvalue weighted by Gasteiger charge is -2.15. The Morgan fingerprint density at radius 3 is 2.54 bits per heavy atom. The van der Waals surface area contributed by atoms with Crippen LogP contribution in [0.5, 0.6) is 0 Å². The van der Waals surface area contributed by atoms with Gasteiger partial charge in [0.15, 0.2) is 0 Å². The number of amides is 1. The minimum absolute atomic E-state index is 0.0163. The summed E-state index contributed by atoms with van der Waals surface area (Å²) in [6, 6.07) is 8.55. The van der Waals surface area contributed by atoms with Crippen molar-refractivity contribution >= 4 is 12.1 Å². The molecule has 2 rings (SSSR count). The van der Waals surface area contributed by atoms with Crippen molar-refractivity contribution in [1.82, 2.24) is 14.9 Å². The molecule has 0 bridgehead atoms. The predicted molar refractivity (Wildman–Crippen MR) is 82.5 cm³/mol. The van der Waals surface area contributed by atoms with E-state index in [1.165, 1.54) is 0 Å². The van der Waals surface area contributed by atoms with Crippen LogP contribution in [-0.2, 0) is 22.7 Å². The van der Waals surface area contributed by atoms with Gasteiger partial charge in [-0.2, -0.15) is 0 Å². The maximum Gasteiger partial charge on any atom is 0.408 e. The van der Waals surface area contributed by atoms with Crippen LogP contribution in [0.3, 0.4) is 0 Å². The summed E-state index contributed by atoms with van der Waals surface area (Å²) >= 11 is 0. The molecule has 0 aliphatic rings. The highest BCUT2D eigenvalue weighted by Gasteiger charge is 2.21. The van der Waals surface area contributed by atoms with Crippen LogP contribution in [0.4, 0.5) is 4.79 Å². The second-order valence-corrected chi connectivity index (χ2v) is 4.86. The van der Waals surface area contributed by atoms with E-state index in [-0.39, 0.29) is 13.2 Å². The van der Waals surface area contributed by atoms with E-state index in [4.69, 9.17) is 9.84 Å². The molecule has 9 heteroatoms. The SMILES string of the molecule is O=C(NC(Cn1ccc(=O)[nH]c1=O)C(=O)O)OCc1ccccc1. The van der Waals surface area contributed by atoms with Crippen LogP contribution in [0, 0.1) is 0 Å². The van der Waals surface area contributed by atoms with E-state index in [1.54, 1.807) is 24.3 Å². The van der Waals surface area contributed by atoms with Gasteiger partial charge in [0.1, 0.15) is 12.6 Å². The Morgan fingerprint density at radius 1 is 1.21 bits per heavy atom. The van der Waals surface area contributed by atoms with Gasteiger partial charge in [0.25, 0.3) is 5.56 Å². The lowest BCUT2D eigenvalue weighted by atomic mass is 10.2. The number of alkyl carbamates (subject to hydrolysis) is 1. The van der Waals surface area contributed by atoms with Gasteiger partial charge >= 0.3 is 17.8 Å². The lowest BCUT2D eigenvalue weighted by molar-refractivity contribution is -0.139. The number of rotatable bonds is 6. The largest absolute Gasteiger partial charge is 0.480 e. The molecule has 9 nitrogen and oxygen atoms in total. The van der Waals surface area contributed by atoms with Crippen LogP contribution in [0.2, 0.25) is 0 Å². The second kappa shape index (κ2) is 7.77. The summed E-state index contributed by atoms with van der Waals surface area (Å²) in [5.41, 5.74) is -0.622. The van der Waals surface area contributed by atoms with Crippen molar-refractivity contribution in [1.29, 1.82) is 0 Å². The third-order valence-electron chi connectivity index (χ3n) is 3.08. The van der Waals surface area contributed by atoms with E-state index >= 15 is 0 Å². The first kappa shape index (κ1) is 17.0. The predicted octanol–water partition coefficient (Wildman–Crippen LogP) is -0.0838. The van der Waals surface area contributed by atoms with Crippen LogP contribution in [0.15, 0.2) is 52.2 Å². The van der Waals surface area contributed by atoms with Crippen molar-refractivity contribution < 1.29 is 19.4 Å². The minimum Gasteiger partial charge on any atom is -0.480 e. The zero-order valence-corrected chi connectivity index (χ0v) is 12.5. The Labute approximate surface area is 135 Å². The van der Waals surface area contributed by atoms with Gasteiger partial charge in [-0.25, -0.2) is 14.4 Å². The van der Waals surface area contributed by atoms with E-state index in [0.717, 1.165) is 22.4 Å². The third-order valence-corrected chi connectivity index (χ3v) is 3.08. The molecule has 1 aromatic heterocycles. The molecule has 0 fully saturated rings. The number of carbonyl (C=O) groups is 2. The fourth-order valence-electron chi connectivity index (χ4n) is 1.88. The van der Waals surface area contributed by atoms with Crippen LogP contribution < -0.4 is 16.6 Å². The first-order chi connectivity index (χ1) is 11.5. The van der Waals surface area contributed by atoms with Crippen molar-refractivity contribution in [2.45, 2.75) is 19.2 Å². The van der Waals surface area contributed by atoms with E-state index in [0.29, 0.717) is 0 Å².